The summed E-state index contributed by atoms with van der Waals surface area (Å²) >= 11 is 0. The van der Waals surface area contributed by atoms with E-state index in [0.29, 0.717) is 6.54 Å². The predicted octanol–water partition coefficient (Wildman–Crippen LogP) is 6.20. The predicted molar refractivity (Wildman–Crippen MR) is 140 cm³/mol. The van der Waals surface area contributed by atoms with Gasteiger partial charge in [-0.1, -0.05) is 67.1 Å². The summed E-state index contributed by atoms with van der Waals surface area (Å²) in [5.74, 6) is 1.63. The molecule has 1 heterocycles. The maximum absolute atomic E-state index is 9.82. The number of aliphatic hydroxyl groups is 1. The summed E-state index contributed by atoms with van der Waals surface area (Å²) in [6.45, 7) is 4.05. The standard InChI is InChI=1S/C30H35NO3/c1-22-24(12-9-14-27(22)25-10-5-4-6-11-25)16-15-23-18-29(33-2)28(30(19-23)34-3)20-31-17-8-7-13-26(31)21-32/h4-6,9-12,14-16,18-19,26,32H,7-8,13,17,20-21H2,1-3H3/b16-15+. The average Bonchev–Trinajstić information content (AvgIpc) is 2.89. The zero-order valence-electron chi connectivity index (χ0n) is 20.5. The molecule has 0 amide bonds. The number of hydrogen-bond acceptors (Lipinski definition) is 4. The van der Waals surface area contributed by atoms with Gasteiger partial charge in [-0.3, -0.25) is 4.90 Å². The van der Waals surface area contributed by atoms with Crippen LogP contribution >= 0.6 is 0 Å². The molecule has 0 spiro atoms. The Bertz CT molecular complexity index is 1100. The van der Waals surface area contributed by atoms with Crippen molar-refractivity contribution in [1.29, 1.82) is 0 Å². The van der Waals surface area contributed by atoms with E-state index in [4.69, 9.17) is 9.47 Å². The minimum absolute atomic E-state index is 0.187. The van der Waals surface area contributed by atoms with Crippen LogP contribution in [-0.2, 0) is 6.54 Å². The van der Waals surface area contributed by atoms with Crippen LogP contribution in [0.1, 0.15) is 41.5 Å². The van der Waals surface area contributed by atoms with Gasteiger partial charge in [0.05, 0.1) is 26.4 Å². The molecule has 4 nitrogen and oxygen atoms in total. The van der Waals surface area contributed by atoms with Gasteiger partial charge < -0.3 is 14.6 Å². The topological polar surface area (TPSA) is 41.9 Å². The van der Waals surface area contributed by atoms with Crippen LogP contribution in [0.2, 0.25) is 0 Å². The van der Waals surface area contributed by atoms with E-state index in [1.807, 2.05) is 6.07 Å². The lowest BCUT2D eigenvalue weighted by Gasteiger charge is -2.35. The van der Waals surface area contributed by atoms with Crippen molar-refractivity contribution < 1.29 is 14.6 Å². The number of piperidine rings is 1. The van der Waals surface area contributed by atoms with Gasteiger partial charge in [-0.05, 0) is 66.3 Å². The van der Waals surface area contributed by atoms with Gasteiger partial charge in [-0.15, -0.1) is 0 Å². The normalized spacial score (nSPS) is 16.6. The van der Waals surface area contributed by atoms with Crippen LogP contribution in [-0.4, -0.2) is 43.4 Å². The molecule has 3 aromatic rings. The highest BCUT2D eigenvalue weighted by atomic mass is 16.5. The van der Waals surface area contributed by atoms with Crippen molar-refractivity contribution in [2.24, 2.45) is 0 Å². The summed E-state index contributed by atoms with van der Waals surface area (Å²) in [5.41, 5.74) is 6.96. The van der Waals surface area contributed by atoms with Crippen molar-refractivity contribution in [3.63, 3.8) is 0 Å². The molecule has 1 N–H and O–H groups in total. The molecule has 0 saturated carbocycles. The average molecular weight is 458 g/mol. The molecule has 4 rings (SSSR count). The Hall–Kier alpha value is -3.08. The van der Waals surface area contributed by atoms with Gasteiger partial charge in [-0.25, -0.2) is 0 Å². The van der Waals surface area contributed by atoms with Crippen molar-refractivity contribution >= 4 is 12.2 Å². The van der Waals surface area contributed by atoms with E-state index in [2.05, 4.69) is 78.6 Å². The van der Waals surface area contributed by atoms with E-state index < -0.39 is 0 Å². The first kappa shape index (κ1) is 24.1. The third-order valence-corrected chi connectivity index (χ3v) is 6.87. The first-order valence-electron chi connectivity index (χ1n) is 12.1. The zero-order valence-corrected chi connectivity index (χ0v) is 20.5. The molecule has 3 aromatic carbocycles. The summed E-state index contributed by atoms with van der Waals surface area (Å²) in [7, 11) is 3.41. The zero-order chi connectivity index (χ0) is 23.9. The summed E-state index contributed by atoms with van der Waals surface area (Å²) in [4.78, 5) is 2.35. The highest BCUT2D eigenvalue weighted by molar-refractivity contribution is 5.78. The van der Waals surface area contributed by atoms with E-state index in [1.54, 1.807) is 14.2 Å². The molecule has 1 atom stereocenters. The fourth-order valence-corrected chi connectivity index (χ4v) is 4.88. The van der Waals surface area contributed by atoms with E-state index in [-0.39, 0.29) is 12.6 Å². The number of likely N-dealkylation sites (tertiary alicyclic amines) is 1. The second-order valence-electron chi connectivity index (χ2n) is 8.93. The number of aliphatic hydroxyl groups excluding tert-OH is 1. The molecule has 0 bridgehead atoms. The van der Waals surface area contributed by atoms with Crippen LogP contribution in [0.3, 0.4) is 0 Å². The third kappa shape index (κ3) is 5.35. The van der Waals surface area contributed by atoms with Gasteiger partial charge in [0.25, 0.3) is 0 Å². The van der Waals surface area contributed by atoms with Crippen molar-refractivity contribution in [1.82, 2.24) is 4.90 Å². The van der Waals surface area contributed by atoms with Crippen LogP contribution < -0.4 is 9.47 Å². The molecule has 1 aliphatic heterocycles. The Balaban J connectivity index is 1.62. The minimum atomic E-state index is 0.187. The maximum Gasteiger partial charge on any atom is 0.127 e. The summed E-state index contributed by atoms with van der Waals surface area (Å²) in [5, 5.41) is 9.82. The number of methoxy groups -OCH3 is 2. The molecule has 1 aliphatic rings. The van der Waals surface area contributed by atoms with Gasteiger partial charge in [0, 0.05) is 12.6 Å². The Labute approximate surface area is 203 Å². The van der Waals surface area contributed by atoms with Crippen LogP contribution in [0.4, 0.5) is 0 Å². The maximum atomic E-state index is 9.82. The van der Waals surface area contributed by atoms with Crippen LogP contribution in [0.25, 0.3) is 23.3 Å². The summed E-state index contributed by atoms with van der Waals surface area (Å²) in [6.07, 6.45) is 7.63. The van der Waals surface area contributed by atoms with Crippen LogP contribution in [0, 0.1) is 6.92 Å². The number of hydrogen-bond donors (Lipinski definition) is 1. The van der Waals surface area contributed by atoms with Crippen LogP contribution in [0.5, 0.6) is 11.5 Å². The Morgan fingerprint density at radius 2 is 1.68 bits per heavy atom. The number of ether oxygens (including phenoxy) is 2. The smallest absolute Gasteiger partial charge is 0.127 e. The second-order valence-corrected chi connectivity index (χ2v) is 8.93. The first-order valence-corrected chi connectivity index (χ1v) is 12.1. The van der Waals surface area contributed by atoms with Crippen LogP contribution in [0.15, 0.2) is 60.7 Å². The molecule has 4 heteroatoms. The van der Waals surface area contributed by atoms with Crippen molar-refractivity contribution in [3.05, 3.63) is 82.9 Å². The number of benzene rings is 3. The van der Waals surface area contributed by atoms with Crippen molar-refractivity contribution in [3.8, 4) is 22.6 Å². The molecule has 34 heavy (non-hydrogen) atoms. The second kappa shape index (κ2) is 11.4. The monoisotopic (exact) mass is 457 g/mol. The van der Waals surface area contributed by atoms with Gasteiger partial charge in [0.15, 0.2) is 0 Å². The first-order chi connectivity index (χ1) is 16.6. The molecular weight excluding hydrogens is 422 g/mol. The van der Waals surface area contributed by atoms with E-state index in [0.717, 1.165) is 42.0 Å². The van der Waals surface area contributed by atoms with E-state index in [1.165, 1.54) is 28.7 Å². The fraction of sp³-hybridized carbons (Fsp3) is 0.333. The van der Waals surface area contributed by atoms with Gasteiger partial charge >= 0.3 is 0 Å². The molecule has 0 radical (unpaired) electrons. The molecule has 0 aliphatic carbocycles. The Kier molecular flexibility index (Phi) is 8.04. The Morgan fingerprint density at radius 3 is 2.35 bits per heavy atom. The highest BCUT2D eigenvalue weighted by Gasteiger charge is 2.24. The molecule has 1 unspecified atom stereocenters. The van der Waals surface area contributed by atoms with Gasteiger partial charge in [-0.2, -0.15) is 0 Å². The van der Waals surface area contributed by atoms with Gasteiger partial charge in [0.2, 0.25) is 0 Å². The highest BCUT2D eigenvalue weighted by Crippen LogP contribution is 2.34. The molecule has 0 aromatic heterocycles. The molecule has 178 valence electrons. The Morgan fingerprint density at radius 1 is 0.941 bits per heavy atom. The third-order valence-electron chi connectivity index (χ3n) is 6.87. The quantitative estimate of drug-likeness (QED) is 0.409. The lowest BCUT2D eigenvalue weighted by atomic mass is 9.96. The lowest BCUT2D eigenvalue weighted by Crippen LogP contribution is -2.41. The largest absolute Gasteiger partial charge is 0.496 e. The summed E-state index contributed by atoms with van der Waals surface area (Å²) < 4.78 is 11.6. The number of rotatable bonds is 8. The molecular formula is C30H35NO3. The van der Waals surface area contributed by atoms with Crippen molar-refractivity contribution in [2.45, 2.75) is 38.8 Å². The molecule has 1 fully saturated rings. The van der Waals surface area contributed by atoms with E-state index >= 15 is 0 Å². The summed E-state index contributed by atoms with van der Waals surface area (Å²) in [6, 6.07) is 21.2. The van der Waals surface area contributed by atoms with Gasteiger partial charge in [0.1, 0.15) is 11.5 Å². The minimum Gasteiger partial charge on any atom is -0.496 e. The van der Waals surface area contributed by atoms with Crippen molar-refractivity contribution in [2.75, 3.05) is 27.4 Å². The lowest BCUT2D eigenvalue weighted by molar-refractivity contribution is 0.0827. The fourth-order valence-electron chi connectivity index (χ4n) is 4.88. The molecule has 1 saturated heterocycles. The number of nitrogens with zero attached hydrogens (tertiary/aromatic N) is 1. The SMILES string of the molecule is COc1cc(/C=C/c2cccc(-c3ccccc3)c2C)cc(OC)c1CN1CCCCC1CO. The van der Waals surface area contributed by atoms with E-state index in [9.17, 15) is 5.11 Å².